The number of hydrogen-bond acceptors (Lipinski definition) is 5. The van der Waals surface area contributed by atoms with E-state index < -0.39 is 35.5 Å². The molecule has 3 aromatic rings. The molecule has 9 nitrogen and oxygen atoms in total. The summed E-state index contributed by atoms with van der Waals surface area (Å²) in [4.78, 5) is 38.2. The lowest BCUT2D eigenvalue weighted by Gasteiger charge is -2.16. The van der Waals surface area contributed by atoms with Gasteiger partial charge in [-0.25, -0.2) is 9.18 Å². The van der Waals surface area contributed by atoms with Gasteiger partial charge >= 0.3 is 6.09 Å². The van der Waals surface area contributed by atoms with Gasteiger partial charge in [0, 0.05) is 17.1 Å². The van der Waals surface area contributed by atoms with Crippen LogP contribution >= 0.6 is 11.6 Å². The average Bonchev–Trinajstić information content (AvgIpc) is 3.15. The number of β-amino-alcohol motifs (C(OH)–C–C–N with tert-alkyl or cyclic N) is 1. The molecule has 0 bridgehead atoms. The average molecular weight is 473 g/mol. The molecule has 0 saturated carbocycles. The van der Waals surface area contributed by atoms with E-state index in [1.165, 1.54) is 24.3 Å². The molecule has 170 valence electrons. The summed E-state index contributed by atoms with van der Waals surface area (Å²) >= 11 is 5.94. The zero-order valence-electron chi connectivity index (χ0n) is 17.0. The Morgan fingerprint density at radius 2 is 1.85 bits per heavy atom. The van der Waals surface area contributed by atoms with Crippen LogP contribution in [0.15, 0.2) is 59.4 Å². The number of carboxylic acid groups (broad SMARTS) is 1. The molecule has 2 atom stereocenters. The molecule has 2 heterocycles. The van der Waals surface area contributed by atoms with Gasteiger partial charge < -0.3 is 20.4 Å². The first-order valence-electron chi connectivity index (χ1n) is 9.86. The van der Waals surface area contributed by atoms with E-state index in [-0.39, 0.29) is 30.0 Å². The van der Waals surface area contributed by atoms with Crippen LogP contribution in [0.1, 0.15) is 10.4 Å². The van der Waals surface area contributed by atoms with Crippen molar-refractivity contribution in [2.45, 2.75) is 12.1 Å². The van der Waals surface area contributed by atoms with Gasteiger partial charge in [-0.3, -0.25) is 9.59 Å². The van der Waals surface area contributed by atoms with E-state index in [0.29, 0.717) is 10.6 Å². The first-order chi connectivity index (χ1) is 15.7. The third kappa shape index (κ3) is 4.71. The number of nitrogens with zero attached hydrogens (tertiary/aromatic N) is 3. The van der Waals surface area contributed by atoms with Gasteiger partial charge in [0.1, 0.15) is 11.4 Å². The van der Waals surface area contributed by atoms with E-state index >= 15 is 0 Å². The molecule has 2 aromatic carbocycles. The summed E-state index contributed by atoms with van der Waals surface area (Å²) < 4.78 is 14.7. The number of halogens is 2. The van der Waals surface area contributed by atoms with E-state index in [1.54, 1.807) is 24.3 Å². The molecule has 3 N–H and O–H groups in total. The number of carbonyl (C=O) groups is 2. The van der Waals surface area contributed by atoms with Crippen molar-refractivity contribution in [2.75, 3.05) is 13.1 Å². The predicted molar refractivity (Wildman–Crippen MR) is 117 cm³/mol. The maximum atomic E-state index is 13.8. The van der Waals surface area contributed by atoms with Gasteiger partial charge in [-0.15, -0.1) is 0 Å². The first-order valence-corrected chi connectivity index (χ1v) is 10.2. The summed E-state index contributed by atoms with van der Waals surface area (Å²) in [6.07, 6.45) is -2.36. The molecule has 1 aliphatic heterocycles. The van der Waals surface area contributed by atoms with E-state index in [2.05, 4.69) is 10.4 Å². The Hall–Kier alpha value is -3.76. The van der Waals surface area contributed by atoms with Crippen LogP contribution in [0.3, 0.4) is 0 Å². The van der Waals surface area contributed by atoms with Gasteiger partial charge in [-0.1, -0.05) is 29.8 Å². The van der Waals surface area contributed by atoms with Crippen molar-refractivity contribution >= 4 is 23.6 Å². The second-order valence-electron chi connectivity index (χ2n) is 7.48. The van der Waals surface area contributed by atoms with Gasteiger partial charge in [0.05, 0.1) is 30.1 Å². The lowest BCUT2D eigenvalue weighted by molar-refractivity contribution is 0.0886. The number of nitrogens with one attached hydrogen (secondary N) is 1. The predicted octanol–water partition coefficient (Wildman–Crippen LogP) is 2.14. The van der Waals surface area contributed by atoms with Crippen molar-refractivity contribution in [2.24, 2.45) is 0 Å². The minimum Gasteiger partial charge on any atom is -0.465 e. The van der Waals surface area contributed by atoms with Crippen molar-refractivity contribution < 1.29 is 24.2 Å². The summed E-state index contributed by atoms with van der Waals surface area (Å²) in [6, 6.07) is 12.1. The van der Waals surface area contributed by atoms with Gasteiger partial charge in [-0.2, -0.15) is 9.78 Å². The van der Waals surface area contributed by atoms with Crippen molar-refractivity contribution in [3.63, 3.8) is 0 Å². The van der Waals surface area contributed by atoms with Crippen LogP contribution in [0.2, 0.25) is 5.02 Å². The topological polar surface area (TPSA) is 125 Å². The third-order valence-electron chi connectivity index (χ3n) is 5.22. The molecule has 1 fully saturated rings. The maximum Gasteiger partial charge on any atom is 0.407 e. The zero-order chi connectivity index (χ0) is 23.7. The zero-order valence-corrected chi connectivity index (χ0v) is 17.7. The fourth-order valence-electron chi connectivity index (χ4n) is 3.53. The van der Waals surface area contributed by atoms with Crippen LogP contribution in [0.5, 0.6) is 0 Å². The quantitative estimate of drug-likeness (QED) is 0.534. The number of likely N-dealkylation sites (tertiary alicyclic amines) is 1. The molecule has 1 saturated heterocycles. The highest BCUT2D eigenvalue weighted by Gasteiger charge is 2.35. The lowest BCUT2D eigenvalue weighted by atomic mass is 10.1. The van der Waals surface area contributed by atoms with Gasteiger partial charge in [0.25, 0.3) is 11.5 Å². The highest BCUT2D eigenvalue weighted by Crippen LogP contribution is 2.21. The SMILES string of the molecule is O=C(N[C@@H]1CN(C(=O)O)C[C@@H]1O)c1cc(-c2ccc(Cl)cc2)nn(-c2cccc(F)c2)c1=O. The first kappa shape index (κ1) is 22.4. The van der Waals surface area contributed by atoms with Crippen molar-refractivity contribution in [1.29, 1.82) is 0 Å². The fraction of sp³-hybridized carbons (Fsp3) is 0.182. The molecular weight excluding hydrogens is 455 g/mol. The van der Waals surface area contributed by atoms with Crippen LogP contribution < -0.4 is 10.9 Å². The standard InChI is InChI=1S/C22H18ClFN4O5/c23-13-6-4-12(5-7-13)17-9-16(20(30)25-18-10-27(22(32)33)11-19(18)29)21(31)28(26-17)15-3-1-2-14(24)8-15/h1-9,18-19,29H,10-11H2,(H,25,30)(H,32,33)/t18-,19+/m1/s1. The Morgan fingerprint density at radius 1 is 1.12 bits per heavy atom. The van der Waals surface area contributed by atoms with Crippen LogP contribution in [0.4, 0.5) is 9.18 Å². The number of hydrogen-bond donors (Lipinski definition) is 3. The minimum absolute atomic E-state index is 0.114. The normalized spacial score (nSPS) is 17.7. The number of amides is 2. The molecule has 4 rings (SSSR count). The molecule has 33 heavy (non-hydrogen) atoms. The minimum atomic E-state index is -1.23. The highest BCUT2D eigenvalue weighted by molar-refractivity contribution is 6.30. The summed E-state index contributed by atoms with van der Waals surface area (Å²) in [5.74, 6) is -1.41. The van der Waals surface area contributed by atoms with Gasteiger partial charge in [0.2, 0.25) is 0 Å². The molecular formula is C22H18ClFN4O5. The van der Waals surface area contributed by atoms with E-state index in [0.717, 1.165) is 15.6 Å². The summed E-state index contributed by atoms with van der Waals surface area (Å²) in [5, 5.41) is 26.5. The molecule has 0 radical (unpaired) electrons. The summed E-state index contributed by atoms with van der Waals surface area (Å²) in [7, 11) is 0. The van der Waals surface area contributed by atoms with Crippen molar-refractivity contribution in [3.8, 4) is 16.9 Å². The van der Waals surface area contributed by atoms with Crippen LogP contribution in [-0.4, -0.2) is 62.1 Å². The van der Waals surface area contributed by atoms with Gasteiger partial charge in [0.15, 0.2) is 0 Å². The Labute approximate surface area is 191 Å². The number of benzene rings is 2. The monoisotopic (exact) mass is 472 g/mol. The second kappa shape index (κ2) is 9.00. The fourth-order valence-corrected chi connectivity index (χ4v) is 3.66. The number of carbonyl (C=O) groups excluding carboxylic acids is 1. The Balaban J connectivity index is 1.76. The van der Waals surface area contributed by atoms with Crippen LogP contribution in [0, 0.1) is 5.82 Å². The number of aliphatic hydroxyl groups is 1. The molecule has 0 unspecified atom stereocenters. The number of aromatic nitrogens is 2. The van der Waals surface area contributed by atoms with Crippen LogP contribution in [0.25, 0.3) is 16.9 Å². The Bertz CT molecular complexity index is 1280. The Morgan fingerprint density at radius 3 is 2.48 bits per heavy atom. The molecule has 0 spiro atoms. The smallest absolute Gasteiger partial charge is 0.407 e. The molecule has 1 aliphatic rings. The molecule has 1 aromatic heterocycles. The van der Waals surface area contributed by atoms with Crippen LogP contribution in [-0.2, 0) is 0 Å². The second-order valence-corrected chi connectivity index (χ2v) is 7.92. The van der Waals surface area contributed by atoms with Crippen molar-refractivity contribution in [1.82, 2.24) is 20.0 Å². The number of aliphatic hydroxyl groups excluding tert-OH is 1. The number of rotatable bonds is 4. The van der Waals surface area contributed by atoms with Gasteiger partial charge in [-0.05, 0) is 36.4 Å². The lowest BCUT2D eigenvalue weighted by Crippen LogP contribution is -2.45. The third-order valence-corrected chi connectivity index (χ3v) is 5.48. The van der Waals surface area contributed by atoms with E-state index in [9.17, 15) is 23.9 Å². The Kier molecular flexibility index (Phi) is 6.12. The van der Waals surface area contributed by atoms with Crippen molar-refractivity contribution in [3.05, 3.63) is 81.4 Å². The highest BCUT2D eigenvalue weighted by atomic mass is 35.5. The molecule has 11 heteroatoms. The summed E-state index contributed by atoms with van der Waals surface area (Å²) in [6.45, 7) is -0.296. The largest absolute Gasteiger partial charge is 0.465 e. The molecule has 0 aliphatic carbocycles. The van der Waals surface area contributed by atoms with E-state index in [4.69, 9.17) is 16.7 Å². The molecule has 2 amide bonds. The summed E-state index contributed by atoms with van der Waals surface area (Å²) in [5.41, 5.74) is -0.197. The van der Waals surface area contributed by atoms with E-state index in [1.807, 2.05) is 0 Å². The maximum absolute atomic E-state index is 13.8.